The number of nitrogens with one attached hydrogen (secondary N) is 1. The largest absolute Gasteiger partial charge is 0.490 e. The summed E-state index contributed by atoms with van der Waals surface area (Å²) in [7, 11) is 1.59. The number of aromatic amines is 1. The number of rotatable bonds is 7. The molecular formula is C26H21F2N5O2. The van der Waals surface area contributed by atoms with Gasteiger partial charge in [-0.2, -0.15) is 10.4 Å². The summed E-state index contributed by atoms with van der Waals surface area (Å²) in [6.07, 6.45) is 4.70. The van der Waals surface area contributed by atoms with Crippen LogP contribution in [0, 0.1) is 17.1 Å². The Balaban J connectivity index is 1.47. The van der Waals surface area contributed by atoms with Crippen molar-refractivity contribution in [2.45, 2.75) is 32.2 Å². The van der Waals surface area contributed by atoms with Gasteiger partial charge in [0, 0.05) is 36.3 Å². The van der Waals surface area contributed by atoms with Crippen LogP contribution >= 0.6 is 0 Å². The zero-order chi connectivity index (χ0) is 24.5. The van der Waals surface area contributed by atoms with Gasteiger partial charge in [-0.1, -0.05) is 12.1 Å². The molecule has 2 aromatic heterocycles. The van der Waals surface area contributed by atoms with E-state index in [-0.39, 0.29) is 35.2 Å². The first-order valence-corrected chi connectivity index (χ1v) is 11.1. The molecule has 1 aliphatic rings. The van der Waals surface area contributed by atoms with Gasteiger partial charge in [-0.25, -0.2) is 8.78 Å². The molecule has 1 saturated carbocycles. The summed E-state index contributed by atoms with van der Waals surface area (Å²) in [5.74, 6) is -0.756. The Morgan fingerprint density at radius 1 is 1.29 bits per heavy atom. The molecular weight excluding hydrogens is 452 g/mol. The molecule has 0 bridgehead atoms. The summed E-state index contributed by atoms with van der Waals surface area (Å²) in [5.41, 5.74) is 2.79. The van der Waals surface area contributed by atoms with Crippen molar-refractivity contribution >= 4 is 16.8 Å². The number of ether oxygens (including phenoxy) is 1. The van der Waals surface area contributed by atoms with Crippen LogP contribution < -0.4 is 4.74 Å². The van der Waals surface area contributed by atoms with Gasteiger partial charge in [0.15, 0.2) is 0 Å². The van der Waals surface area contributed by atoms with Crippen LogP contribution in [-0.2, 0) is 13.2 Å². The molecule has 9 heteroatoms. The third-order valence-corrected chi connectivity index (χ3v) is 5.93. The number of benzene rings is 2. The summed E-state index contributed by atoms with van der Waals surface area (Å²) in [5, 5.41) is 16.6. The number of aromatic nitrogens is 3. The first kappa shape index (κ1) is 22.5. The normalized spacial score (nSPS) is 13.0. The molecule has 2 heterocycles. The summed E-state index contributed by atoms with van der Waals surface area (Å²) >= 11 is 0. The third kappa shape index (κ3) is 4.43. The summed E-state index contributed by atoms with van der Waals surface area (Å²) in [6.45, 7) is -0.568. The van der Waals surface area contributed by atoms with Gasteiger partial charge in [-0.15, -0.1) is 0 Å². The van der Waals surface area contributed by atoms with Crippen molar-refractivity contribution in [1.82, 2.24) is 20.1 Å². The number of nitrogens with zero attached hydrogens (tertiary/aromatic N) is 4. The van der Waals surface area contributed by atoms with E-state index in [4.69, 9.17) is 4.74 Å². The number of halogens is 2. The van der Waals surface area contributed by atoms with Crippen molar-refractivity contribution in [1.29, 1.82) is 5.26 Å². The minimum Gasteiger partial charge on any atom is -0.490 e. The highest BCUT2D eigenvalue weighted by atomic mass is 19.1. The SMILES string of the molecule is CN(Cc1cnc(CF)c2cn[nH]c12)C(=O)c1cc(F)c(-c2cccc(C#N)c2)c(OC2CC2)c1. The number of H-pyrrole nitrogens is 1. The fraction of sp³-hybridized carbons (Fsp3) is 0.231. The monoisotopic (exact) mass is 473 g/mol. The van der Waals surface area contributed by atoms with Gasteiger partial charge in [0.2, 0.25) is 0 Å². The number of fused-ring (bicyclic) bond motifs is 1. The van der Waals surface area contributed by atoms with E-state index in [2.05, 4.69) is 21.3 Å². The molecule has 5 rings (SSSR count). The van der Waals surface area contributed by atoms with Crippen LogP contribution in [0.1, 0.15) is 40.0 Å². The van der Waals surface area contributed by atoms with Gasteiger partial charge in [0.1, 0.15) is 18.2 Å². The Morgan fingerprint density at radius 3 is 2.86 bits per heavy atom. The van der Waals surface area contributed by atoms with Crippen LogP contribution in [0.3, 0.4) is 0 Å². The lowest BCUT2D eigenvalue weighted by atomic mass is 9.99. The summed E-state index contributed by atoms with van der Waals surface area (Å²) in [6, 6.07) is 11.4. The molecule has 0 aliphatic heterocycles. The number of carbonyl (C=O) groups is 1. The highest BCUT2D eigenvalue weighted by Crippen LogP contribution is 2.38. The van der Waals surface area contributed by atoms with Crippen LogP contribution in [0.25, 0.3) is 22.0 Å². The standard InChI is InChI=1S/C26H21F2N5O2/c1-33(14-18-12-30-22(10-27)20-13-31-32-25(18)20)26(34)17-8-21(28)24(23(9-17)35-19-5-6-19)16-4-2-3-15(7-16)11-29/h2-4,7-9,12-13,19H,5-6,10,14H2,1H3,(H,31,32). The molecule has 1 fully saturated rings. The summed E-state index contributed by atoms with van der Waals surface area (Å²) < 4.78 is 34.6. The lowest BCUT2D eigenvalue weighted by Crippen LogP contribution is -2.26. The number of alkyl halides is 1. The Morgan fingerprint density at radius 2 is 2.11 bits per heavy atom. The smallest absolute Gasteiger partial charge is 0.254 e. The van der Waals surface area contributed by atoms with Gasteiger partial charge in [-0.3, -0.25) is 14.9 Å². The van der Waals surface area contributed by atoms with Gasteiger partial charge < -0.3 is 9.64 Å². The van der Waals surface area contributed by atoms with E-state index in [0.29, 0.717) is 27.6 Å². The fourth-order valence-electron chi connectivity index (χ4n) is 4.00. The number of carbonyl (C=O) groups excluding carboxylic acids is 1. The van der Waals surface area contributed by atoms with Crippen LogP contribution in [0.15, 0.2) is 48.8 Å². The number of hydrogen-bond acceptors (Lipinski definition) is 5. The number of nitriles is 1. The van der Waals surface area contributed by atoms with Crippen LogP contribution in [-0.4, -0.2) is 39.1 Å². The highest BCUT2D eigenvalue weighted by molar-refractivity contribution is 5.96. The predicted octanol–water partition coefficient (Wildman–Crippen LogP) is 4.92. The second-order valence-electron chi connectivity index (χ2n) is 8.52. The molecule has 7 nitrogen and oxygen atoms in total. The molecule has 0 saturated heterocycles. The molecule has 35 heavy (non-hydrogen) atoms. The molecule has 2 aromatic carbocycles. The van der Waals surface area contributed by atoms with Gasteiger partial charge in [-0.05, 0) is 42.7 Å². The zero-order valence-corrected chi connectivity index (χ0v) is 18.9. The Labute approximate surface area is 200 Å². The van der Waals surface area contributed by atoms with E-state index in [1.807, 2.05) is 0 Å². The average molecular weight is 473 g/mol. The minimum absolute atomic E-state index is 0.0239. The van der Waals surface area contributed by atoms with Crippen LogP contribution in [0.4, 0.5) is 8.78 Å². The molecule has 4 aromatic rings. The quantitative estimate of drug-likeness (QED) is 0.411. The number of amides is 1. The lowest BCUT2D eigenvalue weighted by Gasteiger charge is -2.20. The van der Waals surface area contributed by atoms with E-state index >= 15 is 4.39 Å². The Bertz CT molecular complexity index is 1470. The molecule has 176 valence electrons. The molecule has 0 radical (unpaired) electrons. The van der Waals surface area contributed by atoms with Crippen molar-refractivity contribution in [3.8, 4) is 22.9 Å². The van der Waals surface area contributed by atoms with Crippen molar-refractivity contribution in [2.75, 3.05) is 7.05 Å². The first-order valence-electron chi connectivity index (χ1n) is 11.1. The van der Waals surface area contributed by atoms with Crippen molar-refractivity contribution < 1.29 is 18.3 Å². The second-order valence-corrected chi connectivity index (χ2v) is 8.52. The Kier molecular flexibility index (Phi) is 5.87. The van der Waals surface area contributed by atoms with E-state index < -0.39 is 18.4 Å². The van der Waals surface area contributed by atoms with Crippen molar-refractivity contribution in [3.63, 3.8) is 0 Å². The maximum atomic E-state index is 15.4. The second kappa shape index (κ2) is 9.14. The van der Waals surface area contributed by atoms with Gasteiger partial charge in [0.05, 0.1) is 40.7 Å². The highest BCUT2D eigenvalue weighted by Gasteiger charge is 2.27. The van der Waals surface area contributed by atoms with E-state index in [1.165, 1.54) is 23.4 Å². The molecule has 0 unspecified atom stereocenters. The predicted molar refractivity (Wildman–Crippen MR) is 125 cm³/mol. The molecule has 0 atom stereocenters. The maximum Gasteiger partial charge on any atom is 0.254 e. The fourth-order valence-corrected chi connectivity index (χ4v) is 4.00. The average Bonchev–Trinajstić information content (AvgIpc) is 3.54. The Hall–Kier alpha value is -4.32. The first-order chi connectivity index (χ1) is 17.0. The van der Waals surface area contributed by atoms with Gasteiger partial charge in [0.25, 0.3) is 5.91 Å². The number of hydrogen-bond donors (Lipinski definition) is 1. The van der Waals surface area contributed by atoms with Gasteiger partial charge >= 0.3 is 0 Å². The van der Waals surface area contributed by atoms with E-state index in [9.17, 15) is 14.4 Å². The molecule has 1 N–H and O–H groups in total. The zero-order valence-electron chi connectivity index (χ0n) is 18.9. The topological polar surface area (TPSA) is 94.9 Å². The van der Waals surface area contributed by atoms with Crippen molar-refractivity contribution in [2.24, 2.45) is 0 Å². The minimum atomic E-state index is -0.724. The van der Waals surface area contributed by atoms with Crippen molar-refractivity contribution in [3.05, 3.63) is 77.0 Å². The molecule has 1 aliphatic carbocycles. The van der Waals surface area contributed by atoms with E-state index in [0.717, 1.165) is 12.8 Å². The lowest BCUT2D eigenvalue weighted by molar-refractivity contribution is 0.0784. The van der Waals surface area contributed by atoms with Crippen LogP contribution in [0.2, 0.25) is 0 Å². The number of pyridine rings is 1. The maximum absolute atomic E-state index is 15.4. The molecule has 1 amide bonds. The third-order valence-electron chi connectivity index (χ3n) is 5.93. The summed E-state index contributed by atoms with van der Waals surface area (Å²) in [4.78, 5) is 18.8. The van der Waals surface area contributed by atoms with E-state index in [1.54, 1.807) is 37.4 Å². The van der Waals surface area contributed by atoms with Crippen LogP contribution in [0.5, 0.6) is 5.75 Å². The molecule has 0 spiro atoms.